The van der Waals surface area contributed by atoms with Crippen LogP contribution in [-0.2, 0) is 9.59 Å². The van der Waals surface area contributed by atoms with E-state index in [2.05, 4.69) is 6.92 Å². The number of carboxylic acids is 1. The van der Waals surface area contributed by atoms with E-state index >= 15 is 0 Å². The summed E-state index contributed by atoms with van der Waals surface area (Å²) in [5, 5.41) is 8.97. The molecule has 148 valence electrons. The number of hydrogen-bond acceptors (Lipinski definition) is 3. The second kappa shape index (κ2) is 19.0. The fraction of sp³-hybridized carbons (Fsp3) is 0.800. The number of allylic oxidation sites excluding steroid dienone is 1. The van der Waals surface area contributed by atoms with Crippen molar-refractivity contribution in [2.24, 2.45) is 11.7 Å². The highest BCUT2D eigenvalue weighted by atomic mass is 16.4. The molecule has 0 aliphatic heterocycles. The minimum Gasteiger partial charge on any atom is -0.481 e. The van der Waals surface area contributed by atoms with Crippen LogP contribution in [0.15, 0.2) is 12.2 Å². The molecular weight excluding hydrogens is 316 g/mol. The number of nitrogens with two attached hydrogens (primary N) is 1. The summed E-state index contributed by atoms with van der Waals surface area (Å²) in [6.45, 7) is 2.25. The van der Waals surface area contributed by atoms with Gasteiger partial charge in [-0.3, -0.25) is 9.59 Å². The lowest BCUT2D eigenvalue weighted by molar-refractivity contribution is -0.141. The van der Waals surface area contributed by atoms with Crippen LogP contribution < -0.4 is 11.9 Å². The van der Waals surface area contributed by atoms with Gasteiger partial charge in [-0.1, -0.05) is 89.7 Å². The van der Waals surface area contributed by atoms with Crippen LogP contribution in [0.2, 0.25) is 0 Å². The fourth-order valence-corrected chi connectivity index (χ4v) is 2.82. The summed E-state index contributed by atoms with van der Waals surface area (Å²) in [5.41, 5.74) is 5.05. The first-order valence-corrected chi connectivity index (χ1v) is 9.75. The molecule has 5 nitrogen and oxygen atoms in total. The van der Waals surface area contributed by atoms with Crippen molar-refractivity contribution in [3.8, 4) is 0 Å². The third kappa shape index (κ3) is 18.8. The number of carboxylic acid groups (broad SMARTS) is 1. The average molecular weight is 357 g/mol. The number of carbonyl (C=O) groups excluding carboxylic acids is 1. The van der Waals surface area contributed by atoms with Crippen molar-refractivity contribution in [3.05, 3.63) is 12.2 Å². The average Bonchev–Trinajstić information content (AvgIpc) is 2.53. The minimum atomic E-state index is -0.986. The fourth-order valence-electron chi connectivity index (χ4n) is 2.82. The van der Waals surface area contributed by atoms with Gasteiger partial charge in [0.25, 0.3) is 0 Å². The summed E-state index contributed by atoms with van der Waals surface area (Å²) >= 11 is 0. The lowest BCUT2D eigenvalue weighted by Gasteiger charge is -2.04. The Bertz CT molecular complexity index is 357. The van der Waals surface area contributed by atoms with Gasteiger partial charge in [-0.15, -0.1) is 0 Å². The molecule has 0 saturated heterocycles. The van der Waals surface area contributed by atoms with Crippen LogP contribution in [0.5, 0.6) is 0 Å². The Morgan fingerprint density at radius 3 is 1.72 bits per heavy atom. The molecule has 0 bridgehead atoms. The highest BCUT2D eigenvalue weighted by Gasteiger charge is 2.15. The van der Waals surface area contributed by atoms with Crippen LogP contribution in [-0.4, -0.2) is 17.0 Å². The van der Waals surface area contributed by atoms with Gasteiger partial charge in [-0.2, -0.15) is 0 Å². The van der Waals surface area contributed by atoms with Crippen LogP contribution in [0.1, 0.15) is 96.8 Å². The number of rotatable bonds is 17. The Kier molecular flexibility index (Phi) is 19.6. The number of amides is 1. The summed E-state index contributed by atoms with van der Waals surface area (Å²) in [4.78, 5) is 21.7. The molecule has 0 saturated carbocycles. The molecule has 0 aromatic heterocycles. The van der Waals surface area contributed by atoms with E-state index in [-0.39, 0.29) is 12.6 Å². The standard InChI is InChI=1S/C20H37NO3.H3N/c1-2-3-4-5-6-7-8-9-10-11-12-13-14-15-16-18(20(23)24)17-19(21)22;/h15-16,18H,2-14,17H2,1H3,(H2,21,22)(H,23,24);1H3/b16-15+;. The van der Waals surface area contributed by atoms with Crippen molar-refractivity contribution < 1.29 is 14.7 Å². The first-order chi connectivity index (χ1) is 11.6. The molecule has 0 rings (SSSR count). The van der Waals surface area contributed by atoms with E-state index in [9.17, 15) is 9.59 Å². The minimum absolute atomic E-state index is 0. The molecule has 0 aliphatic rings. The molecule has 0 aromatic carbocycles. The summed E-state index contributed by atoms with van der Waals surface area (Å²) < 4.78 is 0. The van der Waals surface area contributed by atoms with Gasteiger partial charge in [0, 0.05) is 6.42 Å². The van der Waals surface area contributed by atoms with E-state index in [0.29, 0.717) is 0 Å². The van der Waals surface area contributed by atoms with Crippen LogP contribution in [0, 0.1) is 5.92 Å². The van der Waals surface area contributed by atoms with E-state index in [1.54, 1.807) is 6.08 Å². The molecule has 25 heavy (non-hydrogen) atoms. The maximum absolute atomic E-state index is 10.9. The third-order valence-electron chi connectivity index (χ3n) is 4.33. The Hall–Kier alpha value is -1.36. The summed E-state index contributed by atoms with van der Waals surface area (Å²) in [7, 11) is 0. The molecule has 6 N–H and O–H groups in total. The molecule has 0 radical (unpaired) electrons. The largest absolute Gasteiger partial charge is 0.481 e. The molecule has 0 heterocycles. The zero-order valence-electron chi connectivity index (χ0n) is 16.2. The third-order valence-corrected chi connectivity index (χ3v) is 4.33. The zero-order valence-corrected chi connectivity index (χ0v) is 16.2. The molecule has 1 atom stereocenters. The Morgan fingerprint density at radius 1 is 0.880 bits per heavy atom. The van der Waals surface area contributed by atoms with Gasteiger partial charge in [0.2, 0.25) is 5.91 Å². The van der Waals surface area contributed by atoms with Crippen molar-refractivity contribution in [3.63, 3.8) is 0 Å². The van der Waals surface area contributed by atoms with E-state index in [1.165, 1.54) is 70.6 Å². The predicted molar refractivity (Wildman–Crippen MR) is 105 cm³/mol. The zero-order chi connectivity index (χ0) is 18.0. The second-order valence-corrected chi connectivity index (χ2v) is 6.72. The Morgan fingerprint density at radius 2 is 1.32 bits per heavy atom. The summed E-state index contributed by atoms with van der Waals surface area (Å²) in [5.74, 6) is -2.34. The molecule has 5 heteroatoms. The van der Waals surface area contributed by atoms with Crippen molar-refractivity contribution in [2.45, 2.75) is 96.8 Å². The second-order valence-electron chi connectivity index (χ2n) is 6.72. The van der Waals surface area contributed by atoms with E-state index < -0.39 is 17.8 Å². The Labute approximate surface area is 154 Å². The van der Waals surface area contributed by atoms with E-state index in [4.69, 9.17) is 10.8 Å². The van der Waals surface area contributed by atoms with Crippen molar-refractivity contribution >= 4 is 11.9 Å². The number of aliphatic carboxylic acids is 1. The van der Waals surface area contributed by atoms with Crippen LogP contribution in [0.4, 0.5) is 0 Å². The van der Waals surface area contributed by atoms with Gasteiger partial charge in [-0.05, 0) is 12.8 Å². The highest BCUT2D eigenvalue weighted by molar-refractivity contribution is 5.82. The molecule has 1 unspecified atom stereocenters. The quantitative estimate of drug-likeness (QED) is 0.240. The van der Waals surface area contributed by atoms with Crippen LogP contribution in [0.3, 0.4) is 0 Å². The molecule has 0 fully saturated rings. The predicted octanol–water partition coefficient (Wildman–Crippen LogP) is 5.37. The van der Waals surface area contributed by atoms with Crippen molar-refractivity contribution in [1.29, 1.82) is 0 Å². The smallest absolute Gasteiger partial charge is 0.310 e. The molecule has 0 aliphatic carbocycles. The van der Waals surface area contributed by atoms with E-state index in [1.807, 2.05) is 6.08 Å². The number of unbranched alkanes of at least 4 members (excludes halogenated alkanes) is 12. The number of primary amides is 1. The first kappa shape index (κ1) is 25.9. The van der Waals surface area contributed by atoms with Gasteiger partial charge >= 0.3 is 5.97 Å². The molecule has 0 spiro atoms. The maximum atomic E-state index is 10.9. The SMILES string of the molecule is CCCCCCCCCCCCCC/C=C/C(CC(N)=O)C(=O)O.N. The molecule has 0 aromatic rings. The lowest BCUT2D eigenvalue weighted by Crippen LogP contribution is -2.20. The van der Waals surface area contributed by atoms with Crippen LogP contribution in [0.25, 0.3) is 0 Å². The van der Waals surface area contributed by atoms with Gasteiger partial charge in [0.1, 0.15) is 0 Å². The van der Waals surface area contributed by atoms with Crippen molar-refractivity contribution in [1.82, 2.24) is 6.15 Å². The van der Waals surface area contributed by atoms with Gasteiger partial charge in [-0.25, -0.2) is 0 Å². The summed E-state index contributed by atoms with van der Waals surface area (Å²) in [6, 6.07) is 0. The van der Waals surface area contributed by atoms with Gasteiger partial charge < -0.3 is 17.0 Å². The number of hydrogen-bond donors (Lipinski definition) is 3. The van der Waals surface area contributed by atoms with E-state index in [0.717, 1.165) is 12.8 Å². The van der Waals surface area contributed by atoms with Crippen molar-refractivity contribution in [2.75, 3.05) is 0 Å². The number of carbonyl (C=O) groups is 2. The molecule has 1 amide bonds. The molecular formula is C20H40N2O3. The Balaban J connectivity index is 0. The monoisotopic (exact) mass is 356 g/mol. The van der Waals surface area contributed by atoms with Crippen LogP contribution >= 0.6 is 0 Å². The highest BCUT2D eigenvalue weighted by Crippen LogP contribution is 2.13. The topological polar surface area (TPSA) is 115 Å². The van der Waals surface area contributed by atoms with Gasteiger partial charge in [0.15, 0.2) is 0 Å². The first-order valence-electron chi connectivity index (χ1n) is 9.75. The van der Waals surface area contributed by atoms with Gasteiger partial charge in [0.05, 0.1) is 5.92 Å². The normalized spacial score (nSPS) is 12.0. The summed E-state index contributed by atoms with van der Waals surface area (Å²) in [6.07, 6.45) is 20.0. The lowest BCUT2D eigenvalue weighted by atomic mass is 10.0. The maximum Gasteiger partial charge on any atom is 0.310 e.